The normalized spacial score (nSPS) is 11.7. The van der Waals surface area contributed by atoms with Gasteiger partial charge in [-0.15, -0.1) is 6.58 Å². The first-order chi connectivity index (χ1) is 5.07. The Labute approximate surface area is 67.2 Å². The van der Waals surface area contributed by atoms with E-state index < -0.39 is 5.97 Å². The average Bonchev–Trinajstić information content (AvgIpc) is 1.86. The smallest absolute Gasteiger partial charge is 0.331 e. The molecule has 0 heterocycles. The number of carboxylic acids is 1. The van der Waals surface area contributed by atoms with Crippen LogP contribution in [0.4, 0.5) is 0 Å². The van der Waals surface area contributed by atoms with Crippen LogP contribution in [0.25, 0.3) is 0 Å². The number of allylic oxidation sites excluding steroid dienone is 2. The molecule has 0 aliphatic rings. The Bertz CT molecular complexity index is 178. The lowest BCUT2D eigenvalue weighted by Crippen LogP contribution is -2.00. The highest BCUT2D eigenvalue weighted by Crippen LogP contribution is 2.06. The van der Waals surface area contributed by atoms with Gasteiger partial charge in [0.15, 0.2) is 0 Å². The number of aliphatic carboxylic acids is 1. The van der Waals surface area contributed by atoms with E-state index in [2.05, 4.69) is 6.58 Å². The van der Waals surface area contributed by atoms with Crippen molar-refractivity contribution in [3.63, 3.8) is 0 Å². The van der Waals surface area contributed by atoms with Crippen molar-refractivity contribution in [1.82, 2.24) is 0 Å². The summed E-state index contributed by atoms with van der Waals surface area (Å²) in [5.41, 5.74) is 0.426. The fraction of sp³-hybridized carbons (Fsp3) is 0.444. The second kappa shape index (κ2) is 4.72. The number of hydrogen-bond acceptors (Lipinski definition) is 1. The summed E-state index contributed by atoms with van der Waals surface area (Å²) < 4.78 is 0. The Balaban J connectivity index is 4.32. The Morgan fingerprint density at radius 1 is 1.64 bits per heavy atom. The van der Waals surface area contributed by atoms with E-state index >= 15 is 0 Å². The summed E-state index contributed by atoms with van der Waals surface area (Å²) in [6.07, 6.45) is 3.78. The lowest BCUT2D eigenvalue weighted by Gasteiger charge is -1.99. The molecule has 2 nitrogen and oxygen atoms in total. The van der Waals surface area contributed by atoms with Crippen molar-refractivity contribution in [3.05, 3.63) is 24.3 Å². The first kappa shape index (κ1) is 9.95. The van der Waals surface area contributed by atoms with E-state index in [4.69, 9.17) is 5.11 Å². The summed E-state index contributed by atoms with van der Waals surface area (Å²) in [5, 5.41) is 8.64. The summed E-state index contributed by atoms with van der Waals surface area (Å²) in [6, 6.07) is 0. The van der Waals surface area contributed by atoms with Gasteiger partial charge in [0.1, 0.15) is 0 Å². The molecule has 0 saturated carbocycles. The van der Waals surface area contributed by atoms with Gasteiger partial charge in [0, 0.05) is 5.57 Å². The van der Waals surface area contributed by atoms with Crippen LogP contribution in [0.15, 0.2) is 24.3 Å². The monoisotopic (exact) mass is 154 g/mol. The minimum Gasteiger partial charge on any atom is -0.478 e. The van der Waals surface area contributed by atoms with Crippen molar-refractivity contribution in [1.29, 1.82) is 0 Å². The van der Waals surface area contributed by atoms with Gasteiger partial charge in [-0.05, 0) is 12.3 Å². The van der Waals surface area contributed by atoms with Gasteiger partial charge in [0.2, 0.25) is 0 Å². The van der Waals surface area contributed by atoms with Gasteiger partial charge < -0.3 is 5.11 Å². The number of rotatable bonds is 4. The topological polar surface area (TPSA) is 37.3 Å². The molecule has 0 fully saturated rings. The molecule has 0 aromatic heterocycles. The molecular weight excluding hydrogens is 140 g/mol. The van der Waals surface area contributed by atoms with Crippen LogP contribution in [0.2, 0.25) is 0 Å². The molecule has 0 bridgehead atoms. The van der Waals surface area contributed by atoms with Crippen LogP contribution in [-0.2, 0) is 4.79 Å². The molecule has 0 atom stereocenters. The second-order valence-corrected chi connectivity index (χ2v) is 2.73. The second-order valence-electron chi connectivity index (χ2n) is 2.73. The number of carbonyl (C=O) groups is 1. The summed E-state index contributed by atoms with van der Waals surface area (Å²) in [6.45, 7) is 7.39. The summed E-state index contributed by atoms with van der Waals surface area (Å²) in [4.78, 5) is 10.5. The molecule has 0 saturated heterocycles. The lowest BCUT2D eigenvalue weighted by atomic mass is 10.1. The van der Waals surface area contributed by atoms with Gasteiger partial charge in [0.25, 0.3) is 0 Å². The standard InChI is InChI=1S/C9H14O2/c1-4-5-8(9(10)11)6-7(2)3/h4,6-7H,1,5H2,2-3H3,(H,10,11). The molecule has 0 aliphatic heterocycles. The molecule has 0 aromatic carbocycles. The van der Waals surface area contributed by atoms with Crippen LogP contribution >= 0.6 is 0 Å². The summed E-state index contributed by atoms with van der Waals surface area (Å²) in [5.74, 6) is -0.570. The SMILES string of the molecule is C=CCC(=CC(C)C)C(=O)O. The van der Waals surface area contributed by atoms with Crippen molar-refractivity contribution in [2.75, 3.05) is 0 Å². The average molecular weight is 154 g/mol. The molecule has 2 heteroatoms. The van der Waals surface area contributed by atoms with Gasteiger partial charge in [-0.2, -0.15) is 0 Å². The third-order valence-corrected chi connectivity index (χ3v) is 1.17. The first-order valence-electron chi connectivity index (χ1n) is 3.62. The van der Waals surface area contributed by atoms with Crippen LogP contribution in [0.3, 0.4) is 0 Å². The molecule has 0 amide bonds. The molecule has 1 N–H and O–H groups in total. The predicted molar refractivity (Wildman–Crippen MR) is 45.4 cm³/mol. The molecule has 0 rings (SSSR count). The Morgan fingerprint density at radius 3 is 2.45 bits per heavy atom. The molecule has 0 radical (unpaired) electrons. The van der Waals surface area contributed by atoms with E-state index in [0.717, 1.165) is 0 Å². The van der Waals surface area contributed by atoms with Gasteiger partial charge in [-0.1, -0.05) is 26.0 Å². The molecule has 0 spiro atoms. The fourth-order valence-electron chi connectivity index (χ4n) is 0.785. The zero-order valence-electron chi connectivity index (χ0n) is 7.00. The Hall–Kier alpha value is -1.05. The van der Waals surface area contributed by atoms with E-state index in [-0.39, 0.29) is 5.92 Å². The third-order valence-electron chi connectivity index (χ3n) is 1.17. The molecular formula is C9H14O2. The molecule has 62 valence electrons. The highest BCUT2D eigenvalue weighted by atomic mass is 16.4. The maximum atomic E-state index is 10.5. The van der Waals surface area contributed by atoms with E-state index in [9.17, 15) is 4.79 Å². The van der Waals surface area contributed by atoms with Crippen molar-refractivity contribution < 1.29 is 9.90 Å². The van der Waals surface area contributed by atoms with Gasteiger partial charge in [-0.3, -0.25) is 0 Å². The molecule has 0 unspecified atom stereocenters. The van der Waals surface area contributed by atoms with Gasteiger partial charge >= 0.3 is 5.97 Å². The summed E-state index contributed by atoms with van der Waals surface area (Å²) in [7, 11) is 0. The Kier molecular flexibility index (Phi) is 4.27. The number of carboxylic acid groups (broad SMARTS) is 1. The third kappa shape index (κ3) is 4.37. The molecule has 11 heavy (non-hydrogen) atoms. The predicted octanol–water partition coefficient (Wildman–Crippen LogP) is 2.23. The van der Waals surface area contributed by atoms with Crippen LogP contribution in [0.1, 0.15) is 20.3 Å². The van der Waals surface area contributed by atoms with Crippen LogP contribution < -0.4 is 0 Å². The highest BCUT2D eigenvalue weighted by molar-refractivity contribution is 5.86. The highest BCUT2D eigenvalue weighted by Gasteiger charge is 2.04. The van der Waals surface area contributed by atoms with E-state index in [0.29, 0.717) is 12.0 Å². The minimum atomic E-state index is -0.849. The van der Waals surface area contributed by atoms with Crippen molar-refractivity contribution in [2.45, 2.75) is 20.3 Å². The maximum Gasteiger partial charge on any atom is 0.331 e. The van der Waals surface area contributed by atoms with E-state index in [1.807, 2.05) is 13.8 Å². The van der Waals surface area contributed by atoms with Gasteiger partial charge in [0.05, 0.1) is 0 Å². The molecule has 0 aromatic rings. The minimum absolute atomic E-state index is 0.279. The fourth-order valence-corrected chi connectivity index (χ4v) is 0.785. The van der Waals surface area contributed by atoms with Gasteiger partial charge in [-0.25, -0.2) is 4.79 Å². The van der Waals surface area contributed by atoms with Crippen molar-refractivity contribution in [2.24, 2.45) is 5.92 Å². The largest absolute Gasteiger partial charge is 0.478 e. The number of hydrogen-bond donors (Lipinski definition) is 1. The van der Waals surface area contributed by atoms with E-state index in [1.54, 1.807) is 12.2 Å². The quantitative estimate of drug-likeness (QED) is 0.498. The molecule has 0 aliphatic carbocycles. The Morgan fingerprint density at radius 2 is 2.18 bits per heavy atom. The van der Waals surface area contributed by atoms with Crippen LogP contribution in [0, 0.1) is 5.92 Å². The van der Waals surface area contributed by atoms with E-state index in [1.165, 1.54) is 0 Å². The van der Waals surface area contributed by atoms with Crippen LogP contribution in [-0.4, -0.2) is 11.1 Å². The zero-order valence-corrected chi connectivity index (χ0v) is 7.00. The van der Waals surface area contributed by atoms with Crippen LogP contribution in [0.5, 0.6) is 0 Å². The van der Waals surface area contributed by atoms with Crippen molar-refractivity contribution in [3.8, 4) is 0 Å². The zero-order chi connectivity index (χ0) is 8.85. The summed E-state index contributed by atoms with van der Waals surface area (Å²) >= 11 is 0. The van der Waals surface area contributed by atoms with Crippen molar-refractivity contribution >= 4 is 5.97 Å². The lowest BCUT2D eigenvalue weighted by molar-refractivity contribution is -0.132. The maximum absolute atomic E-state index is 10.5. The first-order valence-corrected chi connectivity index (χ1v) is 3.62.